The molecule has 0 aromatic heterocycles. The second-order valence-corrected chi connectivity index (χ2v) is 7.84. The molecule has 1 aliphatic rings. The van der Waals surface area contributed by atoms with Gasteiger partial charge in [0.05, 0.1) is 4.92 Å². The van der Waals surface area contributed by atoms with Crippen LogP contribution in [0.15, 0.2) is 23.1 Å². The summed E-state index contributed by atoms with van der Waals surface area (Å²) in [4.78, 5) is 12.5. The van der Waals surface area contributed by atoms with Crippen molar-refractivity contribution in [3.63, 3.8) is 0 Å². The van der Waals surface area contributed by atoms with Crippen molar-refractivity contribution in [3.05, 3.63) is 28.3 Å². The van der Waals surface area contributed by atoms with E-state index in [1.807, 2.05) is 11.8 Å². The molecule has 1 fully saturated rings. The van der Waals surface area contributed by atoms with Gasteiger partial charge in [0.2, 0.25) is 0 Å². The summed E-state index contributed by atoms with van der Waals surface area (Å²) < 4.78 is 23.6. The lowest BCUT2D eigenvalue weighted by molar-refractivity contribution is -0.387. The predicted octanol–water partition coefficient (Wildman–Crippen LogP) is 1.56. The molecule has 0 aliphatic carbocycles. The van der Waals surface area contributed by atoms with Gasteiger partial charge in [-0.2, -0.15) is 0 Å². The second-order valence-electron chi connectivity index (χ2n) is 5.86. The van der Waals surface area contributed by atoms with Gasteiger partial charge in [0.1, 0.15) is 10.6 Å². The molecule has 122 valence electrons. The molecule has 1 aliphatic heterocycles. The minimum atomic E-state index is -3.66. The molecule has 1 aromatic rings. The van der Waals surface area contributed by atoms with E-state index in [1.54, 1.807) is 12.1 Å². The van der Waals surface area contributed by atoms with Crippen LogP contribution in [0.5, 0.6) is 0 Å². The van der Waals surface area contributed by atoms with E-state index in [-0.39, 0.29) is 22.5 Å². The van der Waals surface area contributed by atoms with E-state index >= 15 is 0 Å². The molecule has 0 spiro atoms. The zero-order chi connectivity index (χ0) is 16.5. The van der Waals surface area contributed by atoms with Gasteiger partial charge in [-0.1, -0.05) is 6.07 Å². The SMILES string of the molecule is CC(N)C1CCCN(c2cccc(S(C)(=O)=O)c2[N+](=O)[O-])C1. The maximum atomic E-state index is 11.8. The van der Waals surface area contributed by atoms with Crippen molar-refractivity contribution >= 4 is 21.2 Å². The quantitative estimate of drug-likeness (QED) is 0.664. The summed E-state index contributed by atoms with van der Waals surface area (Å²) in [7, 11) is -3.66. The minimum Gasteiger partial charge on any atom is -0.366 e. The number of piperidine rings is 1. The molecule has 0 saturated carbocycles. The highest BCUT2D eigenvalue weighted by Gasteiger charge is 2.31. The number of nitro groups is 1. The third-order valence-electron chi connectivity index (χ3n) is 4.10. The molecule has 2 atom stereocenters. The molecule has 0 amide bonds. The number of hydrogen-bond acceptors (Lipinski definition) is 6. The number of benzene rings is 1. The fourth-order valence-corrected chi connectivity index (χ4v) is 3.76. The summed E-state index contributed by atoms with van der Waals surface area (Å²) in [6.45, 7) is 3.19. The van der Waals surface area contributed by atoms with Gasteiger partial charge in [0.15, 0.2) is 9.84 Å². The van der Waals surface area contributed by atoms with Crippen molar-refractivity contribution in [2.75, 3.05) is 24.2 Å². The van der Waals surface area contributed by atoms with Crippen molar-refractivity contribution in [3.8, 4) is 0 Å². The Hall–Kier alpha value is -1.67. The zero-order valence-electron chi connectivity index (χ0n) is 12.7. The lowest BCUT2D eigenvalue weighted by Gasteiger charge is -2.35. The molecule has 1 aromatic carbocycles. The van der Waals surface area contributed by atoms with E-state index in [0.29, 0.717) is 18.8 Å². The zero-order valence-corrected chi connectivity index (χ0v) is 13.5. The first-order valence-corrected chi connectivity index (χ1v) is 9.09. The molecule has 22 heavy (non-hydrogen) atoms. The maximum absolute atomic E-state index is 11.8. The van der Waals surface area contributed by atoms with E-state index in [9.17, 15) is 18.5 Å². The van der Waals surface area contributed by atoms with Crippen molar-refractivity contribution in [2.24, 2.45) is 11.7 Å². The molecule has 1 heterocycles. The number of hydrogen-bond donors (Lipinski definition) is 1. The number of sulfone groups is 1. The fraction of sp³-hybridized carbons (Fsp3) is 0.571. The van der Waals surface area contributed by atoms with E-state index in [1.165, 1.54) is 6.07 Å². The molecule has 1 saturated heterocycles. The molecule has 0 bridgehead atoms. The highest BCUT2D eigenvalue weighted by atomic mass is 32.2. The van der Waals surface area contributed by atoms with Crippen molar-refractivity contribution in [1.82, 2.24) is 0 Å². The molecular weight excluding hydrogens is 306 g/mol. The van der Waals surface area contributed by atoms with Crippen LogP contribution in [-0.2, 0) is 9.84 Å². The highest BCUT2D eigenvalue weighted by molar-refractivity contribution is 7.90. The molecule has 7 nitrogen and oxygen atoms in total. The van der Waals surface area contributed by atoms with Crippen molar-refractivity contribution in [1.29, 1.82) is 0 Å². The number of rotatable bonds is 4. The number of nitro benzene ring substituents is 1. The molecule has 2 N–H and O–H groups in total. The standard InChI is InChI=1S/C14H21N3O4S/c1-10(15)11-5-4-8-16(9-11)12-6-3-7-13(22(2,20)21)14(12)17(18)19/h3,6-7,10-11H,4-5,8-9,15H2,1-2H3. The van der Waals surface area contributed by atoms with Crippen LogP contribution in [0.4, 0.5) is 11.4 Å². The Labute approximate surface area is 130 Å². The largest absolute Gasteiger partial charge is 0.366 e. The molecule has 0 radical (unpaired) electrons. The van der Waals surface area contributed by atoms with Crippen LogP contribution in [-0.4, -0.2) is 38.7 Å². The van der Waals surface area contributed by atoms with E-state index in [2.05, 4.69) is 0 Å². The summed E-state index contributed by atoms with van der Waals surface area (Å²) >= 11 is 0. The van der Waals surface area contributed by atoms with Crippen LogP contribution in [0.3, 0.4) is 0 Å². The maximum Gasteiger partial charge on any atom is 0.311 e. The lowest BCUT2D eigenvalue weighted by atomic mass is 9.92. The summed E-state index contributed by atoms with van der Waals surface area (Å²) in [5.41, 5.74) is 5.97. The summed E-state index contributed by atoms with van der Waals surface area (Å²) in [6.07, 6.45) is 2.85. The fourth-order valence-electron chi connectivity index (χ4n) is 2.91. The molecular formula is C14H21N3O4S. The van der Waals surface area contributed by atoms with Gasteiger partial charge < -0.3 is 10.6 Å². The summed E-state index contributed by atoms with van der Waals surface area (Å²) in [6, 6.07) is 4.44. The van der Waals surface area contributed by atoms with Crippen LogP contribution >= 0.6 is 0 Å². The van der Waals surface area contributed by atoms with Crippen LogP contribution in [0, 0.1) is 16.0 Å². The van der Waals surface area contributed by atoms with E-state index < -0.39 is 14.8 Å². The normalized spacial score (nSPS) is 20.7. The summed E-state index contributed by atoms with van der Waals surface area (Å²) in [5.74, 6) is 0.246. The van der Waals surface area contributed by atoms with Crippen LogP contribution in [0.1, 0.15) is 19.8 Å². The topological polar surface area (TPSA) is 107 Å². The second kappa shape index (κ2) is 6.21. The Morgan fingerprint density at radius 2 is 2.14 bits per heavy atom. The molecule has 8 heteroatoms. The first kappa shape index (κ1) is 16.7. The Balaban J connectivity index is 2.49. The number of anilines is 1. The minimum absolute atomic E-state index is 0.0000495. The van der Waals surface area contributed by atoms with Crippen molar-refractivity contribution in [2.45, 2.75) is 30.7 Å². The van der Waals surface area contributed by atoms with Gasteiger partial charge in [-0.05, 0) is 37.8 Å². The highest BCUT2D eigenvalue weighted by Crippen LogP contribution is 2.36. The van der Waals surface area contributed by atoms with Gasteiger partial charge in [0.25, 0.3) is 0 Å². The molecule has 2 rings (SSSR count). The predicted molar refractivity (Wildman–Crippen MR) is 84.8 cm³/mol. The van der Waals surface area contributed by atoms with Crippen LogP contribution < -0.4 is 10.6 Å². The lowest BCUT2D eigenvalue weighted by Crippen LogP contribution is -2.42. The summed E-state index contributed by atoms with van der Waals surface area (Å²) in [5, 5.41) is 11.4. The monoisotopic (exact) mass is 327 g/mol. The van der Waals surface area contributed by atoms with Gasteiger partial charge in [0, 0.05) is 25.4 Å². The molecule has 2 unspecified atom stereocenters. The average Bonchev–Trinajstić information content (AvgIpc) is 2.45. The Morgan fingerprint density at radius 3 is 2.68 bits per heavy atom. The number of para-hydroxylation sites is 1. The van der Waals surface area contributed by atoms with Crippen LogP contribution in [0.2, 0.25) is 0 Å². The van der Waals surface area contributed by atoms with E-state index in [0.717, 1.165) is 19.1 Å². The Morgan fingerprint density at radius 1 is 1.45 bits per heavy atom. The smallest absolute Gasteiger partial charge is 0.311 e. The van der Waals surface area contributed by atoms with Gasteiger partial charge in [-0.25, -0.2) is 8.42 Å². The Bertz CT molecular complexity index is 673. The first-order chi connectivity index (χ1) is 10.2. The van der Waals surface area contributed by atoms with Crippen LogP contribution in [0.25, 0.3) is 0 Å². The van der Waals surface area contributed by atoms with Gasteiger partial charge in [-0.3, -0.25) is 10.1 Å². The van der Waals surface area contributed by atoms with E-state index in [4.69, 9.17) is 5.73 Å². The first-order valence-electron chi connectivity index (χ1n) is 7.20. The van der Waals surface area contributed by atoms with Crippen molar-refractivity contribution < 1.29 is 13.3 Å². The number of nitrogens with zero attached hydrogens (tertiary/aromatic N) is 2. The van der Waals surface area contributed by atoms with Gasteiger partial charge in [-0.15, -0.1) is 0 Å². The third-order valence-corrected chi connectivity index (χ3v) is 5.23. The third kappa shape index (κ3) is 3.38. The Kier molecular flexibility index (Phi) is 4.72. The average molecular weight is 327 g/mol. The van der Waals surface area contributed by atoms with Gasteiger partial charge >= 0.3 is 5.69 Å². The number of nitrogens with two attached hydrogens (primary N) is 1.